The number of benzene rings is 1. The third-order valence-corrected chi connectivity index (χ3v) is 3.51. The fourth-order valence-electron chi connectivity index (χ4n) is 1.69. The van der Waals surface area contributed by atoms with E-state index >= 15 is 0 Å². The molecular formula is C13H21BrN2. The van der Waals surface area contributed by atoms with Gasteiger partial charge in [0.15, 0.2) is 0 Å². The fraction of sp³-hybridized carbons (Fsp3) is 0.538. The van der Waals surface area contributed by atoms with Crippen molar-refractivity contribution in [3.63, 3.8) is 0 Å². The third-order valence-electron chi connectivity index (χ3n) is 2.74. The van der Waals surface area contributed by atoms with E-state index in [0.717, 1.165) is 29.8 Å². The van der Waals surface area contributed by atoms with Crippen molar-refractivity contribution < 1.29 is 0 Å². The molecule has 0 radical (unpaired) electrons. The minimum Gasteiger partial charge on any atom is -0.399 e. The molecule has 3 heteroatoms. The molecule has 90 valence electrons. The largest absolute Gasteiger partial charge is 0.399 e. The number of hydrogen-bond acceptors (Lipinski definition) is 2. The van der Waals surface area contributed by atoms with Gasteiger partial charge in [0.1, 0.15) is 0 Å². The second-order valence-corrected chi connectivity index (χ2v) is 4.93. The molecule has 2 nitrogen and oxygen atoms in total. The van der Waals surface area contributed by atoms with Gasteiger partial charge in [-0.25, -0.2) is 0 Å². The lowest BCUT2D eigenvalue weighted by molar-refractivity contribution is 0.275. The molecule has 0 spiro atoms. The van der Waals surface area contributed by atoms with Gasteiger partial charge in [0.05, 0.1) is 0 Å². The second-order valence-electron chi connectivity index (χ2n) is 4.07. The predicted molar refractivity (Wildman–Crippen MR) is 74.4 cm³/mol. The van der Waals surface area contributed by atoms with Crippen LogP contribution in [0.4, 0.5) is 5.69 Å². The predicted octanol–water partition coefficient (Wildman–Crippen LogP) is 3.65. The third kappa shape index (κ3) is 4.14. The van der Waals surface area contributed by atoms with Crippen LogP contribution >= 0.6 is 15.9 Å². The van der Waals surface area contributed by atoms with E-state index in [1.54, 1.807) is 0 Å². The minimum atomic E-state index is 0.838. The summed E-state index contributed by atoms with van der Waals surface area (Å²) in [5.41, 5.74) is 7.92. The zero-order chi connectivity index (χ0) is 12.0. The first-order chi connectivity index (χ1) is 7.67. The van der Waals surface area contributed by atoms with E-state index < -0.39 is 0 Å². The molecular weight excluding hydrogens is 264 g/mol. The SMILES string of the molecule is CCCCN(CC)Cc1cc(N)ccc1Br. The van der Waals surface area contributed by atoms with Gasteiger partial charge in [0.2, 0.25) is 0 Å². The summed E-state index contributed by atoms with van der Waals surface area (Å²) in [5, 5.41) is 0. The fourth-order valence-corrected chi connectivity index (χ4v) is 2.06. The molecule has 16 heavy (non-hydrogen) atoms. The molecule has 0 aliphatic carbocycles. The Balaban J connectivity index is 2.65. The van der Waals surface area contributed by atoms with Crippen molar-refractivity contribution in [2.75, 3.05) is 18.8 Å². The smallest absolute Gasteiger partial charge is 0.0318 e. The molecule has 0 saturated heterocycles. The molecule has 2 N–H and O–H groups in total. The first-order valence-electron chi connectivity index (χ1n) is 5.93. The average molecular weight is 285 g/mol. The molecule has 1 aromatic carbocycles. The number of nitrogens with zero attached hydrogens (tertiary/aromatic N) is 1. The second kappa shape index (κ2) is 6.92. The van der Waals surface area contributed by atoms with Gasteiger partial charge in [0, 0.05) is 16.7 Å². The van der Waals surface area contributed by atoms with Crippen LogP contribution in [0.2, 0.25) is 0 Å². The molecule has 0 saturated carbocycles. The Hall–Kier alpha value is -0.540. The van der Waals surface area contributed by atoms with Crippen LogP contribution < -0.4 is 5.73 Å². The van der Waals surface area contributed by atoms with Gasteiger partial charge in [-0.3, -0.25) is 4.90 Å². The monoisotopic (exact) mass is 284 g/mol. The van der Waals surface area contributed by atoms with Crippen LogP contribution in [0.1, 0.15) is 32.3 Å². The van der Waals surface area contributed by atoms with Gasteiger partial charge in [-0.2, -0.15) is 0 Å². The van der Waals surface area contributed by atoms with E-state index in [0.29, 0.717) is 0 Å². The van der Waals surface area contributed by atoms with Gasteiger partial charge >= 0.3 is 0 Å². The molecule has 0 atom stereocenters. The molecule has 1 aromatic rings. The minimum absolute atomic E-state index is 0.838. The van der Waals surface area contributed by atoms with Crippen molar-refractivity contribution >= 4 is 21.6 Å². The zero-order valence-electron chi connectivity index (χ0n) is 10.2. The Morgan fingerprint density at radius 2 is 2.06 bits per heavy atom. The first kappa shape index (κ1) is 13.5. The van der Waals surface area contributed by atoms with Crippen molar-refractivity contribution in [3.05, 3.63) is 28.2 Å². The normalized spacial score (nSPS) is 11.0. The highest BCUT2D eigenvalue weighted by molar-refractivity contribution is 9.10. The van der Waals surface area contributed by atoms with Crippen molar-refractivity contribution in [2.45, 2.75) is 33.2 Å². The standard InChI is InChI=1S/C13H21BrN2/c1-3-5-8-16(4-2)10-11-9-12(15)6-7-13(11)14/h6-7,9H,3-5,8,10,15H2,1-2H3. The lowest BCUT2D eigenvalue weighted by Crippen LogP contribution is -2.24. The molecule has 0 amide bonds. The van der Waals surface area contributed by atoms with Crippen LogP contribution in [0.25, 0.3) is 0 Å². The number of anilines is 1. The highest BCUT2D eigenvalue weighted by Gasteiger charge is 2.06. The zero-order valence-corrected chi connectivity index (χ0v) is 11.8. The number of unbranched alkanes of at least 4 members (excludes halogenated alkanes) is 1. The van der Waals surface area contributed by atoms with Gasteiger partial charge < -0.3 is 5.73 Å². The number of nitrogen functional groups attached to an aromatic ring is 1. The van der Waals surface area contributed by atoms with E-state index in [9.17, 15) is 0 Å². The number of nitrogens with two attached hydrogens (primary N) is 1. The maximum absolute atomic E-state index is 5.81. The lowest BCUT2D eigenvalue weighted by atomic mass is 10.2. The molecule has 0 bridgehead atoms. The number of hydrogen-bond donors (Lipinski definition) is 1. The lowest BCUT2D eigenvalue weighted by Gasteiger charge is -2.21. The maximum Gasteiger partial charge on any atom is 0.0318 e. The van der Waals surface area contributed by atoms with E-state index in [4.69, 9.17) is 5.73 Å². The summed E-state index contributed by atoms with van der Waals surface area (Å²) in [6, 6.07) is 6.01. The summed E-state index contributed by atoms with van der Waals surface area (Å²) < 4.78 is 1.15. The maximum atomic E-state index is 5.81. The van der Waals surface area contributed by atoms with Crippen molar-refractivity contribution in [1.82, 2.24) is 4.90 Å². The Bertz CT molecular complexity index is 326. The molecule has 0 unspecified atom stereocenters. The van der Waals surface area contributed by atoms with Gasteiger partial charge in [-0.05, 0) is 43.3 Å². The number of halogens is 1. The van der Waals surface area contributed by atoms with Crippen LogP contribution in [0.5, 0.6) is 0 Å². The summed E-state index contributed by atoms with van der Waals surface area (Å²) >= 11 is 3.57. The van der Waals surface area contributed by atoms with Gasteiger partial charge in [0.25, 0.3) is 0 Å². The van der Waals surface area contributed by atoms with E-state index in [-0.39, 0.29) is 0 Å². The Morgan fingerprint density at radius 1 is 1.31 bits per heavy atom. The van der Waals surface area contributed by atoms with Crippen LogP contribution in [-0.4, -0.2) is 18.0 Å². The average Bonchev–Trinajstić information content (AvgIpc) is 2.28. The summed E-state index contributed by atoms with van der Waals surface area (Å²) in [7, 11) is 0. The highest BCUT2D eigenvalue weighted by Crippen LogP contribution is 2.21. The van der Waals surface area contributed by atoms with Crippen molar-refractivity contribution in [1.29, 1.82) is 0 Å². The van der Waals surface area contributed by atoms with Crippen LogP contribution in [0, 0.1) is 0 Å². The molecule has 0 aliphatic heterocycles. The van der Waals surface area contributed by atoms with Crippen LogP contribution in [0.3, 0.4) is 0 Å². The van der Waals surface area contributed by atoms with Crippen LogP contribution in [-0.2, 0) is 6.54 Å². The summed E-state index contributed by atoms with van der Waals surface area (Å²) in [4.78, 5) is 2.45. The quantitative estimate of drug-likeness (QED) is 0.808. The molecule has 0 aliphatic rings. The number of rotatable bonds is 6. The molecule has 0 aromatic heterocycles. The highest BCUT2D eigenvalue weighted by atomic mass is 79.9. The Labute approximate surface area is 107 Å². The Kier molecular flexibility index (Phi) is 5.85. The van der Waals surface area contributed by atoms with Gasteiger partial charge in [-0.15, -0.1) is 0 Å². The topological polar surface area (TPSA) is 29.3 Å². The van der Waals surface area contributed by atoms with E-state index in [2.05, 4.69) is 40.7 Å². The summed E-state index contributed by atoms with van der Waals surface area (Å²) in [6.45, 7) is 7.65. The van der Waals surface area contributed by atoms with Crippen molar-refractivity contribution in [3.8, 4) is 0 Å². The van der Waals surface area contributed by atoms with E-state index in [1.807, 2.05) is 12.1 Å². The van der Waals surface area contributed by atoms with Gasteiger partial charge in [-0.1, -0.05) is 36.2 Å². The molecule has 0 fully saturated rings. The van der Waals surface area contributed by atoms with Crippen molar-refractivity contribution in [2.24, 2.45) is 0 Å². The van der Waals surface area contributed by atoms with E-state index in [1.165, 1.54) is 18.4 Å². The summed E-state index contributed by atoms with van der Waals surface area (Å²) in [6.07, 6.45) is 2.50. The molecule has 0 heterocycles. The Morgan fingerprint density at radius 3 is 2.69 bits per heavy atom. The molecule has 1 rings (SSSR count). The summed E-state index contributed by atoms with van der Waals surface area (Å²) in [5.74, 6) is 0. The van der Waals surface area contributed by atoms with Crippen LogP contribution in [0.15, 0.2) is 22.7 Å². The first-order valence-corrected chi connectivity index (χ1v) is 6.73.